The molecule has 0 amide bonds. The Morgan fingerprint density at radius 1 is 1.44 bits per heavy atom. The molecule has 1 aromatic rings. The first-order valence-corrected chi connectivity index (χ1v) is 6.16. The topological polar surface area (TPSA) is 28.4 Å². The Morgan fingerprint density at radius 2 is 2.25 bits per heavy atom. The van der Waals surface area contributed by atoms with Crippen LogP contribution in [-0.4, -0.2) is 31.1 Å². The van der Waals surface area contributed by atoms with Gasteiger partial charge in [0.1, 0.15) is 0 Å². The van der Waals surface area contributed by atoms with Gasteiger partial charge in [0.15, 0.2) is 0 Å². The van der Waals surface area contributed by atoms with E-state index in [2.05, 4.69) is 31.1 Å². The number of nitrogens with zero attached hydrogens (tertiary/aromatic N) is 1. The van der Waals surface area contributed by atoms with E-state index in [0.717, 1.165) is 19.6 Å². The zero-order valence-corrected chi connectivity index (χ0v) is 10.7. The van der Waals surface area contributed by atoms with E-state index in [-0.39, 0.29) is 0 Å². The third kappa shape index (κ3) is 4.81. The molecule has 1 rings (SSSR count). The van der Waals surface area contributed by atoms with Crippen LogP contribution in [0.5, 0.6) is 0 Å². The summed E-state index contributed by atoms with van der Waals surface area (Å²) in [4.78, 5) is 2.36. The Morgan fingerprint density at radius 3 is 2.88 bits per heavy atom. The molecule has 0 saturated heterocycles. The van der Waals surface area contributed by atoms with Gasteiger partial charge in [0.2, 0.25) is 0 Å². The number of furan rings is 1. The van der Waals surface area contributed by atoms with Crippen molar-refractivity contribution in [2.24, 2.45) is 0 Å². The molecule has 0 aliphatic heterocycles. The molecule has 0 aliphatic rings. The van der Waals surface area contributed by atoms with Crippen molar-refractivity contribution in [3.63, 3.8) is 0 Å². The number of hydrogen-bond acceptors (Lipinski definition) is 3. The molecule has 1 atom stereocenters. The molecule has 3 heteroatoms. The minimum atomic E-state index is 0.597. The average molecular weight is 224 g/mol. The fourth-order valence-electron chi connectivity index (χ4n) is 1.66. The third-order valence-electron chi connectivity index (χ3n) is 2.93. The van der Waals surface area contributed by atoms with Gasteiger partial charge in [-0.2, -0.15) is 0 Å². The van der Waals surface area contributed by atoms with Crippen LogP contribution in [0, 0.1) is 0 Å². The van der Waals surface area contributed by atoms with Crippen molar-refractivity contribution in [2.75, 3.05) is 20.1 Å². The highest BCUT2D eigenvalue weighted by atomic mass is 16.3. The predicted octanol–water partition coefficient (Wildman–Crippen LogP) is 2.49. The smallest absolute Gasteiger partial charge is 0.0947 e. The molecule has 0 saturated carbocycles. The van der Waals surface area contributed by atoms with E-state index in [4.69, 9.17) is 4.42 Å². The van der Waals surface area contributed by atoms with Crippen molar-refractivity contribution in [1.82, 2.24) is 10.2 Å². The maximum Gasteiger partial charge on any atom is 0.0947 e. The molecular weight excluding hydrogens is 200 g/mol. The highest BCUT2D eigenvalue weighted by Gasteiger charge is 2.09. The standard InChI is InChI=1S/C13H24N2O/c1-4-7-14-8-5-12(2)15(3)10-13-6-9-16-11-13/h6,9,11-12,14H,4-5,7-8,10H2,1-3H3. The molecule has 0 aliphatic carbocycles. The van der Waals surface area contributed by atoms with Gasteiger partial charge in [0.25, 0.3) is 0 Å². The SMILES string of the molecule is CCCNCCC(C)N(C)Cc1ccoc1. The van der Waals surface area contributed by atoms with Gasteiger partial charge in [-0.15, -0.1) is 0 Å². The minimum Gasteiger partial charge on any atom is -0.472 e. The lowest BCUT2D eigenvalue weighted by Gasteiger charge is -2.24. The monoisotopic (exact) mass is 224 g/mol. The zero-order chi connectivity index (χ0) is 11.8. The van der Waals surface area contributed by atoms with Crippen LogP contribution in [-0.2, 0) is 6.54 Å². The summed E-state index contributed by atoms with van der Waals surface area (Å²) in [6.07, 6.45) is 5.95. The van der Waals surface area contributed by atoms with Gasteiger partial charge in [0.05, 0.1) is 12.5 Å². The molecule has 92 valence electrons. The third-order valence-corrected chi connectivity index (χ3v) is 2.93. The van der Waals surface area contributed by atoms with E-state index in [1.807, 2.05) is 12.3 Å². The summed E-state index contributed by atoms with van der Waals surface area (Å²) in [6.45, 7) is 7.66. The van der Waals surface area contributed by atoms with Crippen molar-refractivity contribution in [2.45, 2.75) is 39.3 Å². The summed E-state index contributed by atoms with van der Waals surface area (Å²) < 4.78 is 5.07. The Bertz CT molecular complexity index is 259. The van der Waals surface area contributed by atoms with Crippen LogP contribution in [0.3, 0.4) is 0 Å². The lowest BCUT2D eigenvalue weighted by atomic mass is 10.2. The van der Waals surface area contributed by atoms with Crippen molar-refractivity contribution in [3.8, 4) is 0 Å². The normalized spacial score (nSPS) is 13.2. The summed E-state index contributed by atoms with van der Waals surface area (Å²) in [7, 11) is 2.16. The van der Waals surface area contributed by atoms with Gasteiger partial charge >= 0.3 is 0 Å². The van der Waals surface area contributed by atoms with Crippen LogP contribution in [0.1, 0.15) is 32.3 Å². The van der Waals surface area contributed by atoms with Crippen LogP contribution < -0.4 is 5.32 Å². The lowest BCUT2D eigenvalue weighted by molar-refractivity contribution is 0.236. The maximum absolute atomic E-state index is 5.07. The van der Waals surface area contributed by atoms with Crippen LogP contribution in [0.25, 0.3) is 0 Å². The van der Waals surface area contributed by atoms with Crippen molar-refractivity contribution >= 4 is 0 Å². The first kappa shape index (κ1) is 13.3. The Kier molecular flexibility index (Phi) is 6.19. The Balaban J connectivity index is 2.17. The molecule has 0 aromatic carbocycles. The van der Waals surface area contributed by atoms with Crippen LogP contribution in [0.15, 0.2) is 23.0 Å². The summed E-state index contributed by atoms with van der Waals surface area (Å²) in [6, 6.07) is 2.62. The first-order chi connectivity index (χ1) is 7.74. The second kappa shape index (κ2) is 7.47. The van der Waals surface area contributed by atoms with E-state index in [1.54, 1.807) is 6.26 Å². The fraction of sp³-hybridized carbons (Fsp3) is 0.692. The summed E-state index contributed by atoms with van der Waals surface area (Å²) in [5.74, 6) is 0. The van der Waals surface area contributed by atoms with E-state index in [1.165, 1.54) is 18.4 Å². The van der Waals surface area contributed by atoms with Crippen molar-refractivity contribution in [3.05, 3.63) is 24.2 Å². The summed E-state index contributed by atoms with van der Waals surface area (Å²) >= 11 is 0. The second-order valence-corrected chi connectivity index (χ2v) is 4.43. The molecule has 1 N–H and O–H groups in total. The molecule has 0 spiro atoms. The highest BCUT2D eigenvalue weighted by molar-refractivity contribution is 5.04. The number of rotatable bonds is 8. The van der Waals surface area contributed by atoms with Crippen LogP contribution >= 0.6 is 0 Å². The molecule has 0 fully saturated rings. The van der Waals surface area contributed by atoms with E-state index in [9.17, 15) is 0 Å². The Labute approximate surface area is 98.8 Å². The summed E-state index contributed by atoms with van der Waals surface area (Å²) in [5, 5.41) is 3.43. The second-order valence-electron chi connectivity index (χ2n) is 4.43. The van der Waals surface area contributed by atoms with Gasteiger partial charge in [-0.25, -0.2) is 0 Å². The Hall–Kier alpha value is -0.800. The van der Waals surface area contributed by atoms with E-state index < -0.39 is 0 Å². The average Bonchev–Trinajstić information content (AvgIpc) is 2.76. The first-order valence-electron chi connectivity index (χ1n) is 6.16. The van der Waals surface area contributed by atoms with Crippen molar-refractivity contribution in [1.29, 1.82) is 0 Å². The molecule has 16 heavy (non-hydrogen) atoms. The molecule has 1 unspecified atom stereocenters. The van der Waals surface area contributed by atoms with Gasteiger partial charge < -0.3 is 9.73 Å². The molecule has 1 heterocycles. The molecule has 0 radical (unpaired) electrons. The fourth-order valence-corrected chi connectivity index (χ4v) is 1.66. The van der Waals surface area contributed by atoms with Crippen LogP contribution in [0.2, 0.25) is 0 Å². The molecular formula is C13H24N2O. The highest BCUT2D eigenvalue weighted by Crippen LogP contribution is 2.08. The number of hydrogen-bond donors (Lipinski definition) is 1. The maximum atomic E-state index is 5.07. The van der Waals surface area contributed by atoms with Crippen LogP contribution in [0.4, 0.5) is 0 Å². The molecule has 3 nitrogen and oxygen atoms in total. The van der Waals surface area contributed by atoms with Gasteiger partial charge in [0, 0.05) is 18.2 Å². The van der Waals surface area contributed by atoms with E-state index in [0.29, 0.717) is 6.04 Å². The minimum absolute atomic E-state index is 0.597. The van der Waals surface area contributed by atoms with E-state index >= 15 is 0 Å². The zero-order valence-electron chi connectivity index (χ0n) is 10.7. The molecule has 1 aromatic heterocycles. The van der Waals surface area contributed by atoms with Gasteiger partial charge in [-0.1, -0.05) is 6.92 Å². The summed E-state index contributed by atoms with van der Waals surface area (Å²) in [5.41, 5.74) is 1.25. The lowest BCUT2D eigenvalue weighted by Crippen LogP contribution is -2.31. The van der Waals surface area contributed by atoms with Crippen molar-refractivity contribution < 1.29 is 4.42 Å². The molecule has 0 bridgehead atoms. The predicted molar refractivity (Wildman–Crippen MR) is 67.4 cm³/mol. The quantitative estimate of drug-likeness (QED) is 0.688. The largest absolute Gasteiger partial charge is 0.472 e. The van der Waals surface area contributed by atoms with Gasteiger partial charge in [-0.05, 0) is 46.0 Å². The number of nitrogens with one attached hydrogen (secondary N) is 1. The van der Waals surface area contributed by atoms with Gasteiger partial charge in [-0.3, -0.25) is 4.90 Å².